The molecule has 3 rings (SSSR count). The third-order valence-corrected chi connectivity index (χ3v) is 4.70. The molecule has 0 bridgehead atoms. The lowest BCUT2D eigenvalue weighted by atomic mass is 10.1. The van der Waals surface area contributed by atoms with Gasteiger partial charge in [0.2, 0.25) is 0 Å². The smallest absolute Gasteiger partial charge is 0.273 e. The second kappa shape index (κ2) is 9.17. The van der Waals surface area contributed by atoms with Crippen LogP contribution in [0.2, 0.25) is 0 Å². The number of ether oxygens (including phenoxy) is 1. The second-order valence-corrected chi connectivity index (χ2v) is 6.75. The number of hydrogen-bond donors (Lipinski definition) is 2. The van der Waals surface area contributed by atoms with Gasteiger partial charge in [0.15, 0.2) is 11.5 Å². The lowest BCUT2D eigenvalue weighted by Crippen LogP contribution is -2.25. The molecule has 0 saturated heterocycles. The van der Waals surface area contributed by atoms with E-state index in [0.29, 0.717) is 24.5 Å². The van der Waals surface area contributed by atoms with Crippen LogP contribution < -0.4 is 15.4 Å². The van der Waals surface area contributed by atoms with E-state index in [2.05, 4.69) is 21.9 Å². The van der Waals surface area contributed by atoms with Gasteiger partial charge in [-0.2, -0.15) is 0 Å². The lowest BCUT2D eigenvalue weighted by Gasteiger charge is -2.04. The van der Waals surface area contributed by atoms with E-state index in [0.717, 1.165) is 24.3 Å². The number of benzene rings is 1. The molecule has 26 heavy (non-hydrogen) atoms. The summed E-state index contributed by atoms with van der Waals surface area (Å²) in [6.45, 7) is 1.83. The van der Waals surface area contributed by atoms with E-state index in [1.807, 2.05) is 35.7 Å². The fourth-order valence-electron chi connectivity index (χ4n) is 2.43. The quantitative estimate of drug-likeness (QED) is 0.605. The van der Waals surface area contributed by atoms with E-state index >= 15 is 0 Å². The van der Waals surface area contributed by atoms with Crippen molar-refractivity contribution in [3.63, 3.8) is 0 Å². The summed E-state index contributed by atoms with van der Waals surface area (Å²) in [7, 11) is 1.64. The van der Waals surface area contributed by atoms with Crippen LogP contribution >= 0.6 is 11.3 Å². The van der Waals surface area contributed by atoms with Crippen LogP contribution in [0.1, 0.15) is 26.7 Å². The van der Waals surface area contributed by atoms with Gasteiger partial charge in [-0.15, -0.1) is 11.3 Å². The maximum atomic E-state index is 12.1. The minimum Gasteiger partial charge on any atom is -0.497 e. The van der Waals surface area contributed by atoms with E-state index < -0.39 is 0 Å². The molecular formula is C19H21N3O3S. The van der Waals surface area contributed by atoms with Gasteiger partial charge >= 0.3 is 0 Å². The summed E-state index contributed by atoms with van der Waals surface area (Å²) < 4.78 is 10.3. The van der Waals surface area contributed by atoms with Gasteiger partial charge in [0.1, 0.15) is 5.75 Å². The van der Waals surface area contributed by atoms with Gasteiger partial charge < -0.3 is 19.9 Å². The minimum absolute atomic E-state index is 0.230. The Labute approximate surface area is 156 Å². The molecule has 3 aromatic rings. The van der Waals surface area contributed by atoms with Crippen molar-refractivity contribution in [3.8, 4) is 5.75 Å². The number of hydrogen-bond acceptors (Lipinski definition) is 6. The molecule has 0 aliphatic carbocycles. The van der Waals surface area contributed by atoms with Crippen molar-refractivity contribution < 1.29 is 14.1 Å². The number of nitrogens with zero attached hydrogens (tertiary/aromatic N) is 1. The fraction of sp³-hybridized carbons (Fsp3) is 0.263. The molecule has 2 heterocycles. The topological polar surface area (TPSA) is 76.4 Å². The van der Waals surface area contributed by atoms with Crippen LogP contribution in [0.5, 0.6) is 5.75 Å². The fourth-order valence-corrected chi connectivity index (χ4v) is 3.10. The molecule has 2 aromatic heterocycles. The zero-order valence-corrected chi connectivity index (χ0v) is 15.3. The zero-order valence-electron chi connectivity index (χ0n) is 14.5. The maximum Gasteiger partial charge on any atom is 0.273 e. The van der Waals surface area contributed by atoms with Gasteiger partial charge in [-0.05, 0) is 35.6 Å². The Hall–Kier alpha value is -2.64. The van der Waals surface area contributed by atoms with Crippen molar-refractivity contribution in [1.29, 1.82) is 0 Å². The Morgan fingerprint density at radius 2 is 2.08 bits per heavy atom. The average molecular weight is 371 g/mol. The highest BCUT2D eigenvalue weighted by molar-refractivity contribution is 7.09. The summed E-state index contributed by atoms with van der Waals surface area (Å²) in [5, 5.41) is 12.0. The number of carbonyl (C=O) groups excluding carboxylic acids is 1. The van der Waals surface area contributed by atoms with Crippen molar-refractivity contribution in [3.05, 3.63) is 69.7 Å². The number of nitrogens with one attached hydrogen (secondary N) is 2. The molecular weight excluding hydrogens is 350 g/mol. The molecule has 0 fully saturated rings. The largest absolute Gasteiger partial charge is 0.497 e. The molecule has 0 radical (unpaired) electrons. The van der Waals surface area contributed by atoms with Gasteiger partial charge in [0.25, 0.3) is 5.91 Å². The van der Waals surface area contributed by atoms with E-state index in [4.69, 9.17) is 9.26 Å². The highest BCUT2D eigenvalue weighted by atomic mass is 32.1. The van der Waals surface area contributed by atoms with E-state index in [1.165, 1.54) is 4.88 Å². The molecule has 0 atom stereocenters. The SMILES string of the molecule is COc1ccc(CCNC(=O)c2cc(CNCc3cccs3)on2)cc1. The van der Waals surface area contributed by atoms with E-state index in [-0.39, 0.29) is 5.91 Å². The Bertz CT molecular complexity index is 813. The van der Waals surface area contributed by atoms with Gasteiger partial charge in [-0.1, -0.05) is 23.4 Å². The first-order valence-electron chi connectivity index (χ1n) is 8.34. The van der Waals surface area contributed by atoms with Crippen molar-refractivity contribution >= 4 is 17.2 Å². The van der Waals surface area contributed by atoms with Crippen LogP contribution in [0, 0.1) is 0 Å². The third-order valence-electron chi connectivity index (χ3n) is 3.83. The Morgan fingerprint density at radius 1 is 1.23 bits per heavy atom. The highest BCUT2D eigenvalue weighted by Gasteiger charge is 2.12. The molecule has 1 amide bonds. The summed E-state index contributed by atoms with van der Waals surface area (Å²) in [5.41, 5.74) is 1.43. The predicted molar refractivity (Wildman–Crippen MR) is 100 cm³/mol. The molecule has 0 saturated carbocycles. The number of carbonyl (C=O) groups is 1. The molecule has 0 unspecified atom stereocenters. The van der Waals surface area contributed by atoms with Crippen LogP contribution in [0.3, 0.4) is 0 Å². The molecule has 0 aliphatic heterocycles. The van der Waals surface area contributed by atoms with Crippen LogP contribution in [-0.2, 0) is 19.5 Å². The lowest BCUT2D eigenvalue weighted by molar-refractivity contribution is 0.0945. The molecule has 0 spiro atoms. The van der Waals surface area contributed by atoms with Crippen molar-refractivity contribution in [1.82, 2.24) is 15.8 Å². The number of aromatic nitrogens is 1. The summed E-state index contributed by atoms with van der Waals surface area (Å²) in [6, 6.07) is 13.5. The van der Waals surface area contributed by atoms with Crippen molar-refractivity contribution in [2.75, 3.05) is 13.7 Å². The molecule has 6 nitrogen and oxygen atoms in total. The van der Waals surface area contributed by atoms with Crippen LogP contribution in [0.15, 0.2) is 52.4 Å². The van der Waals surface area contributed by atoms with Crippen molar-refractivity contribution in [2.24, 2.45) is 0 Å². The standard InChI is InChI=1S/C19H21N3O3S/c1-24-15-6-4-14(5-7-15)8-9-21-19(23)18-11-16(25-22-18)12-20-13-17-3-2-10-26-17/h2-7,10-11,20H,8-9,12-13H2,1H3,(H,21,23). The van der Waals surface area contributed by atoms with Gasteiger partial charge in [-0.25, -0.2) is 0 Å². The molecule has 7 heteroatoms. The van der Waals surface area contributed by atoms with E-state index in [9.17, 15) is 4.79 Å². The third kappa shape index (κ3) is 5.18. The number of rotatable bonds is 9. The van der Waals surface area contributed by atoms with Gasteiger partial charge in [0, 0.05) is 24.0 Å². The minimum atomic E-state index is -0.230. The Kier molecular flexibility index (Phi) is 6.40. The van der Waals surface area contributed by atoms with E-state index in [1.54, 1.807) is 24.5 Å². The molecule has 0 aliphatic rings. The predicted octanol–water partition coefficient (Wildman–Crippen LogP) is 3.01. The number of amides is 1. The second-order valence-electron chi connectivity index (χ2n) is 5.72. The summed E-state index contributed by atoms with van der Waals surface area (Å²) in [4.78, 5) is 13.4. The first-order chi connectivity index (χ1) is 12.7. The number of methoxy groups -OCH3 is 1. The molecule has 2 N–H and O–H groups in total. The van der Waals surface area contributed by atoms with Gasteiger partial charge in [-0.3, -0.25) is 4.79 Å². The molecule has 1 aromatic carbocycles. The highest BCUT2D eigenvalue weighted by Crippen LogP contribution is 2.11. The maximum absolute atomic E-state index is 12.1. The first-order valence-corrected chi connectivity index (χ1v) is 9.22. The van der Waals surface area contributed by atoms with Crippen molar-refractivity contribution in [2.45, 2.75) is 19.5 Å². The number of thiophene rings is 1. The average Bonchev–Trinajstić information content (AvgIpc) is 3.34. The molecule has 136 valence electrons. The normalized spacial score (nSPS) is 10.7. The van der Waals surface area contributed by atoms with Gasteiger partial charge in [0.05, 0.1) is 13.7 Å². The van der Waals surface area contributed by atoms with Crippen LogP contribution in [0.25, 0.3) is 0 Å². The summed E-state index contributed by atoms with van der Waals surface area (Å²) >= 11 is 1.70. The summed E-state index contributed by atoms with van der Waals surface area (Å²) in [5.74, 6) is 1.23. The summed E-state index contributed by atoms with van der Waals surface area (Å²) in [6.07, 6.45) is 0.739. The Morgan fingerprint density at radius 3 is 2.81 bits per heavy atom. The Balaban J connectivity index is 1.40. The first kappa shape index (κ1) is 18.2. The monoisotopic (exact) mass is 371 g/mol. The van der Waals surface area contributed by atoms with Crippen LogP contribution in [0.4, 0.5) is 0 Å². The van der Waals surface area contributed by atoms with Crippen LogP contribution in [-0.4, -0.2) is 24.7 Å². The zero-order chi connectivity index (χ0) is 18.2.